The minimum Gasteiger partial charge on any atom is -0.497 e. The molecule has 7 heteroatoms. The first-order valence-corrected chi connectivity index (χ1v) is 7.88. The number of anilines is 1. The first kappa shape index (κ1) is 18.5. The number of nitrogens with zero attached hydrogens (tertiary/aromatic N) is 1. The number of esters is 1. The lowest BCUT2D eigenvalue weighted by Gasteiger charge is -2.19. The first-order chi connectivity index (χ1) is 12.1. The Kier molecular flexibility index (Phi) is 6.59. The molecule has 1 N–H and O–H groups in total. The van der Waals surface area contributed by atoms with E-state index in [1.165, 1.54) is 13.4 Å². The van der Waals surface area contributed by atoms with Crippen LogP contribution in [0.15, 0.2) is 41.0 Å². The highest BCUT2D eigenvalue weighted by Gasteiger charge is 2.18. The number of rotatable bonds is 8. The molecule has 0 aliphatic heterocycles. The van der Waals surface area contributed by atoms with Crippen molar-refractivity contribution in [3.8, 4) is 5.75 Å². The van der Waals surface area contributed by atoms with E-state index in [0.717, 1.165) is 5.75 Å². The molecule has 0 aliphatic rings. The summed E-state index contributed by atoms with van der Waals surface area (Å²) < 4.78 is 15.2. The number of benzene rings is 1. The summed E-state index contributed by atoms with van der Waals surface area (Å²) in [6.07, 6.45) is 1.44. The summed E-state index contributed by atoms with van der Waals surface area (Å²) in [5, 5.41) is 2.83. The molecular formula is C18H22N2O5. The van der Waals surface area contributed by atoms with Crippen LogP contribution in [0.4, 0.5) is 5.69 Å². The number of carbonyl (C=O) groups is 2. The lowest BCUT2D eigenvalue weighted by Crippen LogP contribution is -2.33. The van der Waals surface area contributed by atoms with Gasteiger partial charge in [-0.1, -0.05) is 6.92 Å². The number of carbonyl (C=O) groups excluding carboxylic acids is 2. The number of ether oxygens (including phenoxy) is 2. The quantitative estimate of drug-likeness (QED) is 0.740. The van der Waals surface area contributed by atoms with Gasteiger partial charge in [-0.2, -0.15) is 0 Å². The molecule has 1 aromatic heterocycles. The van der Waals surface area contributed by atoms with Crippen molar-refractivity contribution in [3.63, 3.8) is 0 Å². The van der Waals surface area contributed by atoms with Crippen molar-refractivity contribution in [3.05, 3.63) is 47.9 Å². The molecule has 0 atom stereocenters. The minimum atomic E-state index is -0.456. The van der Waals surface area contributed by atoms with Crippen LogP contribution < -0.4 is 10.1 Å². The predicted molar refractivity (Wildman–Crippen MR) is 92.6 cm³/mol. The molecule has 1 amide bonds. The third kappa shape index (κ3) is 5.09. The second-order valence-corrected chi connectivity index (χ2v) is 5.33. The fourth-order valence-corrected chi connectivity index (χ4v) is 2.32. The predicted octanol–water partition coefficient (Wildman–Crippen LogP) is 2.54. The van der Waals surface area contributed by atoms with Crippen molar-refractivity contribution in [2.45, 2.75) is 13.5 Å². The monoisotopic (exact) mass is 346 g/mol. The summed E-state index contributed by atoms with van der Waals surface area (Å²) in [5.41, 5.74) is 1.06. The number of likely N-dealkylation sites (N-methyl/N-ethyl adjacent to an activating group) is 1. The number of methoxy groups -OCH3 is 2. The van der Waals surface area contributed by atoms with Crippen molar-refractivity contribution < 1.29 is 23.5 Å². The SMILES string of the molecule is CCN(CC(=O)Nc1ccc(OC)cc1)Cc1occc1C(=O)OC. The van der Waals surface area contributed by atoms with E-state index in [2.05, 4.69) is 5.32 Å². The van der Waals surface area contributed by atoms with Gasteiger partial charge in [-0.05, 0) is 36.9 Å². The number of furan rings is 1. The van der Waals surface area contributed by atoms with Crippen LogP contribution in [0.3, 0.4) is 0 Å². The summed E-state index contributed by atoms with van der Waals surface area (Å²) in [7, 11) is 2.91. The van der Waals surface area contributed by atoms with E-state index in [4.69, 9.17) is 13.9 Å². The lowest BCUT2D eigenvalue weighted by atomic mass is 10.2. The summed E-state index contributed by atoms with van der Waals surface area (Å²) in [6.45, 7) is 3.06. The van der Waals surface area contributed by atoms with E-state index in [-0.39, 0.29) is 12.5 Å². The van der Waals surface area contributed by atoms with Gasteiger partial charge in [-0.25, -0.2) is 4.79 Å². The molecule has 0 bridgehead atoms. The molecule has 0 fully saturated rings. The average molecular weight is 346 g/mol. The Bertz CT molecular complexity index is 709. The van der Waals surface area contributed by atoms with Crippen molar-refractivity contribution >= 4 is 17.6 Å². The zero-order chi connectivity index (χ0) is 18.2. The maximum atomic E-state index is 12.2. The largest absolute Gasteiger partial charge is 0.497 e. The molecule has 0 saturated carbocycles. The van der Waals surface area contributed by atoms with E-state index in [1.807, 2.05) is 11.8 Å². The zero-order valence-electron chi connectivity index (χ0n) is 14.6. The van der Waals surface area contributed by atoms with Crippen molar-refractivity contribution in [2.24, 2.45) is 0 Å². The van der Waals surface area contributed by atoms with Gasteiger partial charge >= 0.3 is 5.97 Å². The van der Waals surface area contributed by atoms with Crippen LogP contribution in [0, 0.1) is 0 Å². The molecule has 0 aliphatic carbocycles. The molecule has 0 spiro atoms. The molecule has 7 nitrogen and oxygen atoms in total. The minimum absolute atomic E-state index is 0.154. The highest BCUT2D eigenvalue weighted by molar-refractivity contribution is 5.92. The van der Waals surface area contributed by atoms with E-state index >= 15 is 0 Å². The Labute approximate surface area is 146 Å². The Morgan fingerprint density at radius 2 is 1.88 bits per heavy atom. The molecular weight excluding hydrogens is 324 g/mol. The molecule has 25 heavy (non-hydrogen) atoms. The second-order valence-electron chi connectivity index (χ2n) is 5.33. The molecule has 1 aromatic carbocycles. The second kappa shape index (κ2) is 8.89. The highest BCUT2D eigenvalue weighted by Crippen LogP contribution is 2.16. The lowest BCUT2D eigenvalue weighted by molar-refractivity contribution is -0.117. The van der Waals surface area contributed by atoms with Gasteiger partial charge in [-0.3, -0.25) is 9.69 Å². The summed E-state index contributed by atoms with van der Waals surface area (Å²) in [5.74, 6) is 0.591. The zero-order valence-corrected chi connectivity index (χ0v) is 14.6. The van der Waals surface area contributed by atoms with Gasteiger partial charge in [0.1, 0.15) is 17.1 Å². The van der Waals surface area contributed by atoms with Crippen LogP contribution in [0.5, 0.6) is 5.75 Å². The molecule has 2 aromatic rings. The standard InChI is InChI=1S/C18H22N2O5/c1-4-20(11-16-15(9-10-25-16)18(22)24-3)12-17(21)19-13-5-7-14(23-2)8-6-13/h5-10H,4,11-12H2,1-3H3,(H,19,21). The van der Waals surface area contributed by atoms with Crippen molar-refractivity contribution in [1.29, 1.82) is 0 Å². The summed E-state index contributed by atoms with van der Waals surface area (Å²) in [4.78, 5) is 25.8. The Morgan fingerprint density at radius 3 is 2.48 bits per heavy atom. The van der Waals surface area contributed by atoms with Crippen LogP contribution in [0.2, 0.25) is 0 Å². The van der Waals surface area contributed by atoms with E-state index in [1.54, 1.807) is 37.4 Å². The number of amides is 1. The highest BCUT2D eigenvalue weighted by atomic mass is 16.5. The maximum Gasteiger partial charge on any atom is 0.341 e. The van der Waals surface area contributed by atoms with Gasteiger partial charge in [0.15, 0.2) is 0 Å². The fourth-order valence-electron chi connectivity index (χ4n) is 2.32. The van der Waals surface area contributed by atoms with Gasteiger partial charge in [0.25, 0.3) is 0 Å². The van der Waals surface area contributed by atoms with Gasteiger partial charge in [0.05, 0.1) is 33.6 Å². The molecule has 1 heterocycles. The first-order valence-electron chi connectivity index (χ1n) is 7.88. The Balaban J connectivity index is 1.95. The maximum absolute atomic E-state index is 12.2. The molecule has 2 rings (SSSR count). The van der Waals surface area contributed by atoms with Crippen molar-refractivity contribution in [1.82, 2.24) is 4.90 Å². The van der Waals surface area contributed by atoms with Crippen LogP contribution in [0.1, 0.15) is 23.0 Å². The van der Waals surface area contributed by atoms with Gasteiger partial charge in [0, 0.05) is 5.69 Å². The van der Waals surface area contributed by atoms with Crippen molar-refractivity contribution in [2.75, 3.05) is 32.6 Å². The number of nitrogens with one attached hydrogen (secondary N) is 1. The fraction of sp³-hybridized carbons (Fsp3) is 0.333. The van der Waals surface area contributed by atoms with E-state index in [0.29, 0.717) is 30.1 Å². The summed E-state index contributed by atoms with van der Waals surface area (Å²) in [6, 6.07) is 8.66. The Morgan fingerprint density at radius 1 is 1.16 bits per heavy atom. The smallest absolute Gasteiger partial charge is 0.341 e. The molecule has 0 unspecified atom stereocenters. The van der Waals surface area contributed by atoms with E-state index < -0.39 is 5.97 Å². The average Bonchev–Trinajstić information content (AvgIpc) is 3.09. The van der Waals surface area contributed by atoms with Crippen LogP contribution >= 0.6 is 0 Å². The topological polar surface area (TPSA) is 81.0 Å². The molecule has 0 radical (unpaired) electrons. The van der Waals surface area contributed by atoms with Gasteiger partial charge in [-0.15, -0.1) is 0 Å². The third-order valence-electron chi connectivity index (χ3n) is 3.71. The number of hydrogen-bond donors (Lipinski definition) is 1. The van der Waals surface area contributed by atoms with E-state index in [9.17, 15) is 9.59 Å². The normalized spacial score (nSPS) is 10.6. The molecule has 134 valence electrons. The van der Waals surface area contributed by atoms with Gasteiger partial charge < -0.3 is 19.2 Å². The third-order valence-corrected chi connectivity index (χ3v) is 3.71. The van der Waals surface area contributed by atoms with Crippen LogP contribution in [-0.2, 0) is 16.1 Å². The van der Waals surface area contributed by atoms with Crippen LogP contribution in [-0.4, -0.2) is 44.1 Å². The van der Waals surface area contributed by atoms with Crippen LogP contribution in [0.25, 0.3) is 0 Å². The Hall–Kier alpha value is -2.80. The summed E-state index contributed by atoms with van der Waals surface area (Å²) >= 11 is 0. The number of hydrogen-bond acceptors (Lipinski definition) is 6. The van der Waals surface area contributed by atoms with Gasteiger partial charge in [0.2, 0.25) is 5.91 Å². The molecule has 0 saturated heterocycles.